The van der Waals surface area contributed by atoms with Gasteiger partial charge in [0.15, 0.2) is 5.82 Å². The molecule has 126 valence electrons. The van der Waals surface area contributed by atoms with E-state index in [0.29, 0.717) is 5.82 Å². The molecule has 0 radical (unpaired) electrons. The molecule has 1 heterocycles. The molecule has 0 unspecified atom stereocenters. The summed E-state index contributed by atoms with van der Waals surface area (Å²) in [6, 6.07) is 7.05. The first kappa shape index (κ1) is 16.0. The number of aromatic nitrogens is 3. The molecule has 1 fully saturated rings. The number of urea groups is 1. The van der Waals surface area contributed by atoms with Crippen LogP contribution in [0.25, 0.3) is 11.4 Å². The molecular formula is C16H21N7O. The van der Waals surface area contributed by atoms with E-state index in [2.05, 4.69) is 15.0 Å². The van der Waals surface area contributed by atoms with E-state index >= 15 is 0 Å². The van der Waals surface area contributed by atoms with Crippen LogP contribution in [0.1, 0.15) is 32.1 Å². The Hall–Kier alpha value is -2.90. The quantitative estimate of drug-likeness (QED) is 0.787. The first-order chi connectivity index (χ1) is 11.5. The third-order valence-corrected chi connectivity index (χ3v) is 4.25. The molecule has 3 rings (SSSR count). The predicted molar refractivity (Wildman–Crippen MR) is 93.0 cm³/mol. The number of rotatable bonds is 3. The van der Waals surface area contributed by atoms with Gasteiger partial charge in [-0.25, -0.2) is 4.79 Å². The van der Waals surface area contributed by atoms with Gasteiger partial charge in [0.1, 0.15) is 0 Å². The zero-order valence-corrected chi connectivity index (χ0v) is 13.4. The average molecular weight is 327 g/mol. The Bertz CT molecular complexity index is 705. The number of benzene rings is 1. The molecule has 0 bridgehead atoms. The Kier molecular flexibility index (Phi) is 4.45. The smallest absolute Gasteiger partial charge is 0.319 e. The molecule has 0 atom stereocenters. The number of nitrogen functional groups attached to an aromatic ring is 2. The van der Waals surface area contributed by atoms with Crippen molar-refractivity contribution >= 4 is 23.6 Å². The van der Waals surface area contributed by atoms with Crippen LogP contribution < -0.4 is 22.1 Å². The fourth-order valence-corrected chi connectivity index (χ4v) is 3.17. The average Bonchev–Trinajstić information content (AvgIpc) is 2.55. The van der Waals surface area contributed by atoms with Crippen LogP contribution in [-0.2, 0) is 0 Å². The lowest BCUT2D eigenvalue weighted by molar-refractivity contribution is 0.249. The Morgan fingerprint density at radius 3 is 2.08 bits per heavy atom. The van der Waals surface area contributed by atoms with Crippen molar-refractivity contribution in [3.8, 4) is 11.4 Å². The fourth-order valence-electron chi connectivity index (χ4n) is 3.17. The molecule has 0 spiro atoms. The number of nitrogens with two attached hydrogens (primary N) is 3. The van der Waals surface area contributed by atoms with Gasteiger partial charge in [-0.05, 0) is 37.1 Å². The molecule has 6 N–H and O–H groups in total. The van der Waals surface area contributed by atoms with Crippen molar-refractivity contribution in [1.29, 1.82) is 0 Å². The van der Waals surface area contributed by atoms with Crippen molar-refractivity contribution in [2.45, 2.75) is 38.1 Å². The molecule has 1 saturated carbocycles. The zero-order valence-electron chi connectivity index (χ0n) is 13.4. The van der Waals surface area contributed by atoms with Gasteiger partial charge in [-0.1, -0.05) is 19.3 Å². The van der Waals surface area contributed by atoms with E-state index in [-0.39, 0.29) is 17.9 Å². The van der Waals surface area contributed by atoms with Gasteiger partial charge in [-0.3, -0.25) is 4.90 Å². The van der Waals surface area contributed by atoms with Gasteiger partial charge in [0.2, 0.25) is 11.9 Å². The van der Waals surface area contributed by atoms with E-state index in [1.165, 1.54) is 6.42 Å². The number of carbonyl (C=O) groups excluding carboxylic acids is 1. The highest BCUT2D eigenvalue weighted by Gasteiger charge is 2.25. The summed E-state index contributed by atoms with van der Waals surface area (Å²) in [7, 11) is 0. The summed E-state index contributed by atoms with van der Waals surface area (Å²) < 4.78 is 0. The first-order valence-electron chi connectivity index (χ1n) is 8.01. The molecule has 2 aromatic rings. The van der Waals surface area contributed by atoms with Crippen LogP contribution in [-0.4, -0.2) is 27.0 Å². The molecule has 2 amide bonds. The van der Waals surface area contributed by atoms with Crippen LogP contribution >= 0.6 is 0 Å². The van der Waals surface area contributed by atoms with E-state index in [9.17, 15) is 4.79 Å². The minimum atomic E-state index is -0.427. The van der Waals surface area contributed by atoms with Crippen molar-refractivity contribution in [3.05, 3.63) is 24.3 Å². The van der Waals surface area contributed by atoms with E-state index in [4.69, 9.17) is 17.2 Å². The molecule has 8 nitrogen and oxygen atoms in total. The van der Waals surface area contributed by atoms with Crippen LogP contribution in [0.3, 0.4) is 0 Å². The number of hydrogen-bond donors (Lipinski definition) is 3. The summed E-state index contributed by atoms with van der Waals surface area (Å²) >= 11 is 0. The third kappa shape index (κ3) is 3.37. The van der Waals surface area contributed by atoms with Gasteiger partial charge in [-0.15, -0.1) is 0 Å². The molecule has 1 aliphatic rings. The summed E-state index contributed by atoms with van der Waals surface area (Å²) in [5.41, 5.74) is 18.3. The number of amides is 2. The maximum Gasteiger partial charge on any atom is 0.319 e. The van der Waals surface area contributed by atoms with E-state index in [1.807, 2.05) is 24.3 Å². The molecule has 0 saturated heterocycles. The SMILES string of the molecule is NC(=O)N(c1ccc(-c2nc(N)nc(N)n2)cc1)C1CCCCC1. The van der Waals surface area contributed by atoms with Gasteiger partial charge in [0.25, 0.3) is 0 Å². The predicted octanol–water partition coefficient (Wildman–Crippen LogP) is 1.92. The summed E-state index contributed by atoms with van der Waals surface area (Å²) in [6.45, 7) is 0. The van der Waals surface area contributed by atoms with Gasteiger partial charge >= 0.3 is 6.03 Å². The normalized spacial score (nSPS) is 15.2. The summed E-state index contributed by atoms with van der Waals surface area (Å²) in [5, 5.41) is 0. The lowest BCUT2D eigenvalue weighted by Crippen LogP contribution is -2.44. The van der Waals surface area contributed by atoms with Crippen molar-refractivity contribution in [1.82, 2.24) is 15.0 Å². The van der Waals surface area contributed by atoms with Gasteiger partial charge < -0.3 is 17.2 Å². The van der Waals surface area contributed by atoms with Crippen molar-refractivity contribution in [2.75, 3.05) is 16.4 Å². The van der Waals surface area contributed by atoms with E-state index in [0.717, 1.165) is 36.9 Å². The van der Waals surface area contributed by atoms with Crippen LogP contribution in [0.5, 0.6) is 0 Å². The number of carbonyl (C=O) groups is 1. The minimum absolute atomic E-state index is 0.0718. The lowest BCUT2D eigenvalue weighted by atomic mass is 9.94. The Morgan fingerprint density at radius 2 is 1.54 bits per heavy atom. The minimum Gasteiger partial charge on any atom is -0.368 e. The molecule has 0 aliphatic heterocycles. The molecular weight excluding hydrogens is 306 g/mol. The van der Waals surface area contributed by atoms with Crippen LogP contribution in [0, 0.1) is 0 Å². The topological polar surface area (TPSA) is 137 Å². The zero-order chi connectivity index (χ0) is 17.1. The van der Waals surface area contributed by atoms with Gasteiger partial charge in [0, 0.05) is 17.3 Å². The second kappa shape index (κ2) is 6.69. The summed E-state index contributed by atoms with van der Waals surface area (Å²) in [5.74, 6) is 0.542. The standard InChI is InChI=1S/C16H21N7O/c17-14-20-13(21-15(18)22-14)10-6-8-12(9-7-10)23(16(19)24)11-4-2-1-3-5-11/h6-9,11H,1-5H2,(H2,19,24)(H4,17,18,20,21,22). The number of hydrogen-bond acceptors (Lipinski definition) is 6. The highest BCUT2D eigenvalue weighted by molar-refractivity contribution is 5.91. The second-order valence-electron chi connectivity index (χ2n) is 5.92. The number of anilines is 3. The number of nitrogens with zero attached hydrogens (tertiary/aromatic N) is 4. The van der Waals surface area contributed by atoms with Gasteiger partial charge in [-0.2, -0.15) is 15.0 Å². The second-order valence-corrected chi connectivity index (χ2v) is 5.92. The largest absolute Gasteiger partial charge is 0.368 e. The first-order valence-corrected chi connectivity index (χ1v) is 8.01. The molecule has 1 aromatic carbocycles. The fraction of sp³-hybridized carbons (Fsp3) is 0.375. The maximum atomic E-state index is 11.9. The molecule has 1 aromatic heterocycles. The lowest BCUT2D eigenvalue weighted by Gasteiger charge is -2.33. The monoisotopic (exact) mass is 327 g/mol. The van der Waals surface area contributed by atoms with Crippen molar-refractivity contribution in [2.24, 2.45) is 5.73 Å². The highest BCUT2D eigenvalue weighted by Crippen LogP contribution is 2.28. The Morgan fingerprint density at radius 1 is 0.958 bits per heavy atom. The molecule has 8 heteroatoms. The maximum absolute atomic E-state index is 11.9. The third-order valence-electron chi connectivity index (χ3n) is 4.25. The highest BCUT2D eigenvalue weighted by atomic mass is 16.2. The van der Waals surface area contributed by atoms with Crippen LogP contribution in [0.2, 0.25) is 0 Å². The van der Waals surface area contributed by atoms with Crippen LogP contribution in [0.15, 0.2) is 24.3 Å². The Labute approximate surface area is 140 Å². The van der Waals surface area contributed by atoms with E-state index in [1.54, 1.807) is 4.90 Å². The van der Waals surface area contributed by atoms with E-state index < -0.39 is 6.03 Å². The Balaban J connectivity index is 1.87. The summed E-state index contributed by atoms with van der Waals surface area (Å²) in [4.78, 5) is 25.5. The molecule has 24 heavy (non-hydrogen) atoms. The van der Waals surface area contributed by atoms with Crippen molar-refractivity contribution < 1.29 is 4.79 Å². The van der Waals surface area contributed by atoms with Crippen LogP contribution in [0.4, 0.5) is 22.4 Å². The summed E-state index contributed by atoms with van der Waals surface area (Å²) in [6.07, 6.45) is 5.41. The molecule has 1 aliphatic carbocycles. The van der Waals surface area contributed by atoms with Gasteiger partial charge in [0.05, 0.1) is 0 Å². The number of primary amides is 1. The van der Waals surface area contributed by atoms with Crippen molar-refractivity contribution in [3.63, 3.8) is 0 Å².